The molecule has 20 heavy (non-hydrogen) atoms. The normalized spacial score (nSPS) is 14.8. The molecule has 0 aromatic rings. The lowest BCUT2D eigenvalue weighted by Gasteiger charge is -2.12. The van der Waals surface area contributed by atoms with Crippen molar-refractivity contribution in [3.05, 3.63) is 12.2 Å². The van der Waals surface area contributed by atoms with Gasteiger partial charge in [-0.05, 0) is 18.8 Å². The van der Waals surface area contributed by atoms with E-state index in [9.17, 15) is 14.4 Å². The first-order chi connectivity index (χ1) is 9.50. The summed E-state index contributed by atoms with van der Waals surface area (Å²) in [6, 6.07) is 0. The molecular formula is C14H21N3O3. The van der Waals surface area contributed by atoms with E-state index in [2.05, 4.69) is 10.5 Å². The summed E-state index contributed by atoms with van der Waals surface area (Å²) < 4.78 is 0. The van der Waals surface area contributed by atoms with Crippen LogP contribution >= 0.6 is 0 Å². The lowest BCUT2D eigenvalue weighted by Crippen LogP contribution is -2.30. The van der Waals surface area contributed by atoms with Crippen LogP contribution in [-0.4, -0.2) is 35.4 Å². The van der Waals surface area contributed by atoms with Gasteiger partial charge in [-0.3, -0.25) is 19.3 Å². The number of imide groups is 1. The van der Waals surface area contributed by atoms with E-state index in [0.29, 0.717) is 31.7 Å². The fraction of sp³-hybridized carbons (Fsp3) is 0.571. The number of carbonyl (C=O) groups excluding carboxylic acids is 3. The van der Waals surface area contributed by atoms with Crippen LogP contribution in [0.2, 0.25) is 0 Å². The number of hydrogen-bond acceptors (Lipinski definition) is 4. The van der Waals surface area contributed by atoms with Gasteiger partial charge in [0, 0.05) is 31.3 Å². The topological polar surface area (TPSA) is 78.8 Å². The van der Waals surface area contributed by atoms with E-state index < -0.39 is 0 Å². The van der Waals surface area contributed by atoms with Crippen molar-refractivity contribution in [2.75, 3.05) is 6.54 Å². The maximum Gasteiger partial charge on any atom is 0.253 e. The number of rotatable bonds is 8. The van der Waals surface area contributed by atoms with Crippen LogP contribution in [0.4, 0.5) is 0 Å². The van der Waals surface area contributed by atoms with Crippen LogP contribution < -0.4 is 5.43 Å². The zero-order chi connectivity index (χ0) is 15.0. The van der Waals surface area contributed by atoms with Gasteiger partial charge in [0.25, 0.3) is 11.8 Å². The number of nitrogens with one attached hydrogen (secondary N) is 1. The van der Waals surface area contributed by atoms with E-state index in [1.165, 1.54) is 17.1 Å². The summed E-state index contributed by atoms with van der Waals surface area (Å²) in [4.78, 5) is 35.1. The Bertz CT molecular complexity index is 409. The summed E-state index contributed by atoms with van der Waals surface area (Å²) in [5.41, 5.74) is 2.46. The number of hydrogen-bond donors (Lipinski definition) is 1. The summed E-state index contributed by atoms with van der Waals surface area (Å²) in [6.45, 7) is 4.37. The van der Waals surface area contributed by atoms with Crippen molar-refractivity contribution < 1.29 is 14.4 Å². The molecule has 0 saturated carbocycles. The molecule has 0 spiro atoms. The molecular weight excluding hydrogens is 258 g/mol. The highest BCUT2D eigenvalue weighted by molar-refractivity contribution is 6.12. The molecule has 3 amide bonds. The summed E-state index contributed by atoms with van der Waals surface area (Å²) in [6.07, 6.45) is 6.85. The molecule has 0 bridgehead atoms. The first-order valence-corrected chi connectivity index (χ1v) is 6.86. The van der Waals surface area contributed by atoms with Gasteiger partial charge in [-0.1, -0.05) is 20.3 Å². The third-order valence-corrected chi connectivity index (χ3v) is 2.75. The molecule has 1 aliphatic rings. The molecule has 1 N–H and O–H groups in total. The van der Waals surface area contributed by atoms with Gasteiger partial charge in [-0.2, -0.15) is 5.10 Å². The number of amides is 3. The fourth-order valence-corrected chi connectivity index (χ4v) is 1.70. The second kappa shape index (κ2) is 8.24. The summed E-state index contributed by atoms with van der Waals surface area (Å²) in [5, 5.41) is 3.82. The number of nitrogens with zero attached hydrogens (tertiary/aromatic N) is 2. The molecule has 6 heteroatoms. The average molecular weight is 279 g/mol. The molecule has 1 heterocycles. The average Bonchev–Trinajstić information content (AvgIpc) is 2.69. The monoisotopic (exact) mass is 279 g/mol. The zero-order valence-electron chi connectivity index (χ0n) is 12.0. The Hall–Kier alpha value is -1.98. The van der Waals surface area contributed by atoms with Crippen molar-refractivity contribution in [2.45, 2.75) is 39.5 Å². The number of carbonyl (C=O) groups is 3. The third-order valence-electron chi connectivity index (χ3n) is 2.75. The molecule has 0 atom stereocenters. The third kappa shape index (κ3) is 5.77. The van der Waals surface area contributed by atoms with Gasteiger partial charge >= 0.3 is 0 Å². The summed E-state index contributed by atoms with van der Waals surface area (Å²) in [7, 11) is 0. The van der Waals surface area contributed by atoms with Crippen molar-refractivity contribution in [3.8, 4) is 0 Å². The number of unbranched alkanes of at least 4 members (excludes halogenated alkanes) is 2. The predicted molar refractivity (Wildman–Crippen MR) is 75.8 cm³/mol. The van der Waals surface area contributed by atoms with Gasteiger partial charge in [-0.25, -0.2) is 5.43 Å². The molecule has 6 nitrogen and oxygen atoms in total. The first-order valence-electron chi connectivity index (χ1n) is 6.86. The Morgan fingerprint density at radius 2 is 1.90 bits per heavy atom. The Labute approximate surface area is 118 Å². The van der Waals surface area contributed by atoms with Crippen LogP contribution in [0.25, 0.3) is 0 Å². The smallest absolute Gasteiger partial charge is 0.253 e. The van der Waals surface area contributed by atoms with Crippen LogP contribution in [-0.2, 0) is 14.4 Å². The van der Waals surface area contributed by atoms with Crippen molar-refractivity contribution in [3.63, 3.8) is 0 Å². The SMILES string of the molecule is CC(C)/C=N/NC(=O)CCCCCN1C(=O)C=CC1=O. The van der Waals surface area contributed by atoms with Crippen LogP contribution in [0.3, 0.4) is 0 Å². The van der Waals surface area contributed by atoms with E-state index in [-0.39, 0.29) is 17.7 Å². The van der Waals surface area contributed by atoms with Crippen LogP contribution in [0.5, 0.6) is 0 Å². The maximum atomic E-state index is 11.4. The van der Waals surface area contributed by atoms with E-state index in [0.717, 1.165) is 6.42 Å². The number of hydrazone groups is 1. The molecule has 110 valence electrons. The van der Waals surface area contributed by atoms with Gasteiger partial charge in [-0.15, -0.1) is 0 Å². The molecule has 0 saturated heterocycles. The highest BCUT2D eigenvalue weighted by Gasteiger charge is 2.22. The summed E-state index contributed by atoms with van der Waals surface area (Å²) >= 11 is 0. The molecule has 0 unspecified atom stereocenters. The van der Waals surface area contributed by atoms with Gasteiger partial charge in [0.1, 0.15) is 0 Å². The minimum atomic E-state index is -0.254. The quantitative estimate of drug-likeness (QED) is 0.314. The second-order valence-electron chi connectivity index (χ2n) is 5.03. The van der Waals surface area contributed by atoms with Gasteiger partial charge in [0.05, 0.1) is 0 Å². The Balaban J connectivity index is 2.06. The van der Waals surface area contributed by atoms with Gasteiger partial charge in [0.15, 0.2) is 0 Å². The van der Waals surface area contributed by atoms with Crippen LogP contribution in [0.1, 0.15) is 39.5 Å². The fourth-order valence-electron chi connectivity index (χ4n) is 1.70. The summed E-state index contributed by atoms with van der Waals surface area (Å²) in [5.74, 6) is -0.317. The highest BCUT2D eigenvalue weighted by atomic mass is 16.2. The van der Waals surface area contributed by atoms with Gasteiger partial charge < -0.3 is 0 Å². The molecule has 0 aromatic carbocycles. The van der Waals surface area contributed by atoms with Crippen molar-refractivity contribution in [1.29, 1.82) is 0 Å². The van der Waals surface area contributed by atoms with Crippen molar-refractivity contribution >= 4 is 23.9 Å². The minimum Gasteiger partial charge on any atom is -0.275 e. The molecule has 0 aliphatic carbocycles. The standard InChI is InChI=1S/C14H21N3O3/c1-11(2)10-15-16-12(18)6-4-3-5-9-17-13(19)7-8-14(17)20/h7-8,10-11H,3-6,9H2,1-2H3,(H,16,18)/b15-10+. The minimum absolute atomic E-state index is 0.114. The Morgan fingerprint density at radius 1 is 1.25 bits per heavy atom. The second-order valence-corrected chi connectivity index (χ2v) is 5.03. The van der Waals surface area contributed by atoms with E-state index in [1.54, 1.807) is 6.21 Å². The highest BCUT2D eigenvalue weighted by Crippen LogP contribution is 2.07. The molecule has 0 fully saturated rings. The van der Waals surface area contributed by atoms with Crippen molar-refractivity contribution in [2.24, 2.45) is 11.0 Å². The Morgan fingerprint density at radius 3 is 2.50 bits per heavy atom. The van der Waals surface area contributed by atoms with Gasteiger partial charge in [0.2, 0.25) is 5.91 Å². The van der Waals surface area contributed by atoms with E-state index >= 15 is 0 Å². The Kier molecular flexibility index (Phi) is 6.63. The van der Waals surface area contributed by atoms with E-state index in [4.69, 9.17) is 0 Å². The van der Waals surface area contributed by atoms with Crippen LogP contribution in [0.15, 0.2) is 17.3 Å². The van der Waals surface area contributed by atoms with Crippen molar-refractivity contribution in [1.82, 2.24) is 10.3 Å². The lowest BCUT2D eigenvalue weighted by atomic mass is 10.2. The largest absolute Gasteiger partial charge is 0.275 e. The molecule has 1 aliphatic heterocycles. The van der Waals surface area contributed by atoms with Crippen LogP contribution in [0, 0.1) is 5.92 Å². The van der Waals surface area contributed by atoms with E-state index in [1.807, 2.05) is 13.8 Å². The maximum absolute atomic E-state index is 11.4. The zero-order valence-corrected chi connectivity index (χ0v) is 12.0. The first kappa shape index (κ1) is 16.1. The molecule has 1 rings (SSSR count). The molecule has 0 aromatic heterocycles. The lowest BCUT2D eigenvalue weighted by molar-refractivity contribution is -0.136. The predicted octanol–water partition coefficient (Wildman–Crippen LogP) is 1.23. The molecule has 0 radical (unpaired) electrons.